The van der Waals surface area contributed by atoms with Crippen LogP contribution in [-0.2, 0) is 16.0 Å². The Hall–Kier alpha value is -2.15. The number of fused-ring (bicyclic) bond motifs is 1. The summed E-state index contributed by atoms with van der Waals surface area (Å²) < 4.78 is 5.00. The summed E-state index contributed by atoms with van der Waals surface area (Å²) in [6, 6.07) is 1.46. The maximum Gasteiger partial charge on any atom is 0.332 e. The van der Waals surface area contributed by atoms with Gasteiger partial charge in [0.15, 0.2) is 6.10 Å². The summed E-state index contributed by atoms with van der Waals surface area (Å²) in [5.74, 6) is -2.04. The molecule has 0 spiro atoms. The first-order chi connectivity index (χ1) is 8.50. The van der Waals surface area contributed by atoms with Crippen LogP contribution in [0, 0.1) is 0 Å². The highest BCUT2D eigenvalue weighted by Gasteiger charge is 2.33. The monoisotopic (exact) mass is 253 g/mol. The number of furan rings is 1. The van der Waals surface area contributed by atoms with Gasteiger partial charge in [-0.2, -0.15) is 0 Å². The Labute approximate surface area is 102 Å². The zero-order chi connectivity index (χ0) is 13.3. The maximum atomic E-state index is 11.9. The van der Waals surface area contributed by atoms with Gasteiger partial charge in [-0.25, -0.2) is 4.79 Å². The van der Waals surface area contributed by atoms with Crippen molar-refractivity contribution in [1.29, 1.82) is 0 Å². The zero-order valence-electron chi connectivity index (χ0n) is 9.33. The Bertz CT molecular complexity index is 505. The standard InChI is InChI=1S/C11H11NO6/c13-7(11(16)17)1-3-12-9(14)5-8-6(10(12)15)2-4-18-8/h2,4,7,13H,1,3,5H2,(H,16,17). The molecule has 1 unspecified atom stereocenters. The summed E-state index contributed by atoms with van der Waals surface area (Å²) in [6.45, 7) is -0.129. The van der Waals surface area contributed by atoms with Crippen molar-refractivity contribution in [3.05, 3.63) is 23.7 Å². The fraction of sp³-hybridized carbons (Fsp3) is 0.364. The van der Waals surface area contributed by atoms with Crippen molar-refractivity contribution in [2.24, 2.45) is 0 Å². The second-order valence-corrected chi connectivity index (χ2v) is 3.93. The number of aliphatic carboxylic acids is 1. The predicted octanol–water partition coefficient (Wildman–Crippen LogP) is -0.360. The van der Waals surface area contributed by atoms with Gasteiger partial charge in [0.25, 0.3) is 5.91 Å². The zero-order valence-corrected chi connectivity index (χ0v) is 9.33. The number of rotatable bonds is 4. The van der Waals surface area contributed by atoms with Gasteiger partial charge in [0, 0.05) is 13.0 Å². The number of hydrogen-bond donors (Lipinski definition) is 2. The van der Waals surface area contributed by atoms with Crippen LogP contribution in [0.4, 0.5) is 0 Å². The fourth-order valence-electron chi connectivity index (χ4n) is 1.76. The first-order valence-electron chi connectivity index (χ1n) is 5.32. The minimum Gasteiger partial charge on any atom is -0.479 e. The van der Waals surface area contributed by atoms with Gasteiger partial charge in [0.05, 0.1) is 18.2 Å². The molecular weight excluding hydrogens is 242 g/mol. The van der Waals surface area contributed by atoms with Crippen molar-refractivity contribution in [3.8, 4) is 0 Å². The van der Waals surface area contributed by atoms with E-state index in [-0.39, 0.29) is 19.4 Å². The van der Waals surface area contributed by atoms with E-state index in [0.717, 1.165) is 4.90 Å². The Kier molecular flexibility index (Phi) is 3.15. The van der Waals surface area contributed by atoms with Gasteiger partial charge < -0.3 is 14.6 Å². The summed E-state index contributed by atoms with van der Waals surface area (Å²) in [4.78, 5) is 34.9. The number of amides is 2. The Morgan fingerprint density at radius 1 is 1.50 bits per heavy atom. The van der Waals surface area contributed by atoms with Crippen molar-refractivity contribution in [3.63, 3.8) is 0 Å². The molecule has 0 bridgehead atoms. The third-order valence-electron chi connectivity index (χ3n) is 2.75. The van der Waals surface area contributed by atoms with Crippen molar-refractivity contribution >= 4 is 17.8 Å². The van der Waals surface area contributed by atoms with Crippen LogP contribution in [0.5, 0.6) is 0 Å². The minimum absolute atomic E-state index is 0.0305. The number of carboxylic acids is 1. The second kappa shape index (κ2) is 4.61. The second-order valence-electron chi connectivity index (χ2n) is 3.93. The predicted molar refractivity (Wildman–Crippen MR) is 56.7 cm³/mol. The molecule has 0 radical (unpaired) electrons. The highest BCUT2D eigenvalue weighted by Crippen LogP contribution is 2.21. The summed E-state index contributed by atoms with van der Waals surface area (Å²) in [5, 5.41) is 17.6. The van der Waals surface area contributed by atoms with Crippen molar-refractivity contribution in [2.75, 3.05) is 6.54 Å². The van der Waals surface area contributed by atoms with Gasteiger partial charge in [-0.05, 0) is 6.07 Å². The van der Waals surface area contributed by atoms with E-state index in [9.17, 15) is 14.4 Å². The van der Waals surface area contributed by atoms with Crippen LogP contribution in [0.25, 0.3) is 0 Å². The number of aliphatic hydroxyl groups excluding tert-OH is 1. The summed E-state index contributed by atoms with van der Waals surface area (Å²) in [5.41, 5.74) is 0.305. The number of imide groups is 1. The lowest BCUT2D eigenvalue weighted by Gasteiger charge is -2.24. The third kappa shape index (κ3) is 2.12. The molecule has 0 aromatic carbocycles. The SMILES string of the molecule is O=C(O)C(O)CCN1C(=O)Cc2occc2C1=O. The van der Waals surface area contributed by atoms with Gasteiger partial charge in [-0.1, -0.05) is 0 Å². The molecule has 2 heterocycles. The minimum atomic E-state index is -1.59. The summed E-state index contributed by atoms with van der Waals surface area (Å²) in [7, 11) is 0. The topological polar surface area (TPSA) is 108 Å². The van der Waals surface area contributed by atoms with Crippen LogP contribution in [0.2, 0.25) is 0 Å². The van der Waals surface area contributed by atoms with E-state index in [1.165, 1.54) is 12.3 Å². The molecule has 2 amide bonds. The number of aliphatic hydroxyl groups is 1. The molecule has 18 heavy (non-hydrogen) atoms. The molecule has 2 rings (SSSR count). The third-order valence-corrected chi connectivity index (χ3v) is 2.75. The van der Waals surface area contributed by atoms with Crippen LogP contribution in [0.15, 0.2) is 16.7 Å². The van der Waals surface area contributed by atoms with E-state index in [2.05, 4.69) is 0 Å². The number of carboxylic acid groups (broad SMARTS) is 1. The molecule has 1 atom stereocenters. The van der Waals surface area contributed by atoms with Crippen molar-refractivity contribution in [1.82, 2.24) is 4.90 Å². The largest absolute Gasteiger partial charge is 0.479 e. The number of nitrogens with zero attached hydrogens (tertiary/aromatic N) is 1. The maximum absolute atomic E-state index is 11.9. The van der Waals surface area contributed by atoms with Crippen LogP contribution in [0.3, 0.4) is 0 Å². The molecular formula is C11H11NO6. The smallest absolute Gasteiger partial charge is 0.332 e. The van der Waals surface area contributed by atoms with Crippen LogP contribution in [-0.4, -0.2) is 45.5 Å². The molecule has 0 saturated heterocycles. The Balaban J connectivity index is 2.08. The lowest BCUT2D eigenvalue weighted by Crippen LogP contribution is -2.43. The molecule has 2 N–H and O–H groups in total. The van der Waals surface area contributed by atoms with Gasteiger partial charge in [-0.15, -0.1) is 0 Å². The van der Waals surface area contributed by atoms with E-state index in [4.69, 9.17) is 14.6 Å². The van der Waals surface area contributed by atoms with Gasteiger partial charge in [0.1, 0.15) is 5.76 Å². The van der Waals surface area contributed by atoms with Gasteiger partial charge in [-0.3, -0.25) is 14.5 Å². The van der Waals surface area contributed by atoms with E-state index < -0.39 is 23.9 Å². The van der Waals surface area contributed by atoms with Crippen LogP contribution >= 0.6 is 0 Å². The van der Waals surface area contributed by atoms with Gasteiger partial charge in [0.2, 0.25) is 5.91 Å². The highest BCUT2D eigenvalue weighted by atomic mass is 16.4. The van der Waals surface area contributed by atoms with Crippen molar-refractivity contribution in [2.45, 2.75) is 18.9 Å². The molecule has 7 heteroatoms. The van der Waals surface area contributed by atoms with Crippen LogP contribution in [0.1, 0.15) is 22.5 Å². The Morgan fingerprint density at radius 3 is 2.89 bits per heavy atom. The molecule has 1 aliphatic rings. The summed E-state index contributed by atoms with van der Waals surface area (Å²) in [6.07, 6.45) is -0.487. The van der Waals surface area contributed by atoms with E-state index >= 15 is 0 Å². The van der Waals surface area contributed by atoms with E-state index in [1.807, 2.05) is 0 Å². The number of hydrogen-bond acceptors (Lipinski definition) is 5. The van der Waals surface area contributed by atoms with Gasteiger partial charge >= 0.3 is 5.97 Å². The highest BCUT2D eigenvalue weighted by molar-refractivity contribution is 6.09. The average Bonchev–Trinajstić information content (AvgIpc) is 2.76. The first kappa shape index (κ1) is 12.3. The quantitative estimate of drug-likeness (QED) is 0.709. The lowest BCUT2D eigenvalue weighted by atomic mass is 10.1. The number of carbonyl (C=O) groups is 3. The lowest BCUT2D eigenvalue weighted by molar-refractivity contribution is -0.147. The molecule has 1 aromatic heterocycles. The van der Waals surface area contributed by atoms with Crippen molar-refractivity contribution < 1.29 is 29.0 Å². The molecule has 1 aromatic rings. The molecule has 0 fully saturated rings. The molecule has 0 aliphatic carbocycles. The fourth-order valence-corrected chi connectivity index (χ4v) is 1.76. The Morgan fingerprint density at radius 2 is 2.22 bits per heavy atom. The van der Waals surface area contributed by atoms with E-state index in [0.29, 0.717) is 11.3 Å². The molecule has 7 nitrogen and oxygen atoms in total. The number of carbonyl (C=O) groups excluding carboxylic acids is 2. The molecule has 0 saturated carbocycles. The van der Waals surface area contributed by atoms with E-state index in [1.54, 1.807) is 0 Å². The first-order valence-corrected chi connectivity index (χ1v) is 5.32. The van der Waals surface area contributed by atoms with Crippen LogP contribution < -0.4 is 0 Å². The summed E-state index contributed by atoms with van der Waals surface area (Å²) >= 11 is 0. The normalized spacial score (nSPS) is 16.6. The average molecular weight is 253 g/mol. The molecule has 1 aliphatic heterocycles. The molecule has 96 valence electrons.